The number of rotatable bonds is 10. The van der Waals surface area contributed by atoms with Crippen molar-refractivity contribution in [3.8, 4) is 0 Å². The fraction of sp³-hybridized carbons (Fsp3) is 0.800. The summed E-state index contributed by atoms with van der Waals surface area (Å²) < 4.78 is 5.59. The molecule has 1 fully saturated rings. The average Bonchev–Trinajstić information content (AvgIpc) is 2.59. The van der Waals surface area contributed by atoms with Crippen LogP contribution in [0.2, 0.25) is 0 Å². The lowest BCUT2D eigenvalue weighted by Crippen LogP contribution is -2.45. The maximum atomic E-state index is 13.1. The number of carboxylic acids is 1. The molecule has 4 heteroatoms. The van der Waals surface area contributed by atoms with Crippen molar-refractivity contribution in [2.45, 2.75) is 85.0 Å². The van der Waals surface area contributed by atoms with Crippen LogP contribution in [0.4, 0.5) is 0 Å². The summed E-state index contributed by atoms with van der Waals surface area (Å²) in [5.41, 5.74) is -0.741. The van der Waals surface area contributed by atoms with Gasteiger partial charge in [0.15, 0.2) is 0 Å². The van der Waals surface area contributed by atoms with Crippen molar-refractivity contribution in [2.75, 3.05) is 6.61 Å². The summed E-state index contributed by atoms with van der Waals surface area (Å²) in [6.45, 7) is 6.23. The lowest BCUT2D eigenvalue weighted by Gasteiger charge is -2.41. The maximum absolute atomic E-state index is 13.1. The highest BCUT2D eigenvalue weighted by atomic mass is 16.5. The lowest BCUT2D eigenvalue weighted by molar-refractivity contribution is -0.161. The van der Waals surface area contributed by atoms with Gasteiger partial charge in [-0.15, -0.1) is 0 Å². The van der Waals surface area contributed by atoms with E-state index in [9.17, 15) is 14.7 Å². The Hall–Kier alpha value is -1.32. The first-order valence-electron chi connectivity index (χ1n) is 9.61. The number of carboxylic acid groups (broad SMARTS) is 1. The third-order valence-electron chi connectivity index (χ3n) is 5.32. The number of hydrogen-bond acceptors (Lipinski definition) is 3. The highest BCUT2D eigenvalue weighted by Crippen LogP contribution is 2.48. The number of aliphatic carboxylic acids is 1. The normalized spacial score (nSPS) is 18.9. The number of ether oxygens (including phenoxy) is 1. The van der Waals surface area contributed by atoms with Crippen LogP contribution in [0.5, 0.6) is 0 Å². The third-order valence-corrected chi connectivity index (χ3v) is 5.32. The summed E-state index contributed by atoms with van der Waals surface area (Å²) in [5.74, 6) is -1.22. The van der Waals surface area contributed by atoms with Crippen LogP contribution in [0.25, 0.3) is 0 Å². The van der Waals surface area contributed by atoms with Crippen molar-refractivity contribution >= 4 is 11.9 Å². The molecule has 0 aromatic heterocycles. The summed E-state index contributed by atoms with van der Waals surface area (Å²) in [5, 5.41) is 9.78. The van der Waals surface area contributed by atoms with Gasteiger partial charge >= 0.3 is 11.9 Å². The Bertz CT molecular complexity index is 435. The van der Waals surface area contributed by atoms with Gasteiger partial charge in [-0.2, -0.15) is 0 Å². The molecule has 24 heavy (non-hydrogen) atoms. The Kier molecular flexibility index (Phi) is 9.09. The number of carbonyl (C=O) groups is 2. The van der Waals surface area contributed by atoms with Gasteiger partial charge in [-0.05, 0) is 38.5 Å². The van der Waals surface area contributed by atoms with Gasteiger partial charge in [0.05, 0.1) is 12.2 Å². The number of hydrogen-bond donors (Lipinski definition) is 1. The number of esters is 1. The van der Waals surface area contributed by atoms with E-state index in [0.29, 0.717) is 13.0 Å². The monoisotopic (exact) mass is 338 g/mol. The molecule has 0 bridgehead atoms. The van der Waals surface area contributed by atoms with E-state index in [2.05, 4.69) is 6.92 Å². The van der Waals surface area contributed by atoms with Crippen molar-refractivity contribution in [3.63, 3.8) is 0 Å². The molecule has 1 saturated carbocycles. The van der Waals surface area contributed by atoms with Gasteiger partial charge < -0.3 is 9.84 Å². The predicted octanol–water partition coefficient (Wildman–Crippen LogP) is 5.12. The van der Waals surface area contributed by atoms with E-state index in [0.717, 1.165) is 51.4 Å². The van der Waals surface area contributed by atoms with Crippen molar-refractivity contribution in [1.29, 1.82) is 0 Å². The second kappa shape index (κ2) is 10.5. The molecule has 0 amide bonds. The zero-order valence-electron chi connectivity index (χ0n) is 15.6. The molecule has 1 unspecified atom stereocenters. The van der Waals surface area contributed by atoms with Crippen LogP contribution >= 0.6 is 0 Å². The summed E-state index contributed by atoms with van der Waals surface area (Å²) in [7, 11) is 0. The molecule has 138 valence electrons. The number of carbonyl (C=O) groups excluding carboxylic acids is 1. The quantitative estimate of drug-likeness (QED) is 0.341. The second-order valence-corrected chi connectivity index (χ2v) is 6.91. The first-order chi connectivity index (χ1) is 11.5. The van der Waals surface area contributed by atoms with Gasteiger partial charge in [0, 0.05) is 0 Å². The van der Waals surface area contributed by atoms with Gasteiger partial charge in [0.1, 0.15) is 5.41 Å². The summed E-state index contributed by atoms with van der Waals surface area (Å²) >= 11 is 0. The van der Waals surface area contributed by atoms with Crippen LogP contribution in [0.15, 0.2) is 11.6 Å². The highest BCUT2D eigenvalue weighted by Gasteiger charge is 2.51. The van der Waals surface area contributed by atoms with Crippen molar-refractivity contribution in [3.05, 3.63) is 11.6 Å². The summed E-state index contributed by atoms with van der Waals surface area (Å²) in [4.78, 5) is 25.1. The number of allylic oxidation sites excluding steroid dienone is 1. The van der Waals surface area contributed by atoms with Gasteiger partial charge in [-0.1, -0.05) is 58.4 Å². The first-order valence-corrected chi connectivity index (χ1v) is 9.61. The molecule has 1 rings (SSSR count). The van der Waals surface area contributed by atoms with Crippen molar-refractivity contribution in [1.82, 2.24) is 0 Å². The molecule has 0 saturated heterocycles. The van der Waals surface area contributed by atoms with E-state index in [4.69, 9.17) is 4.74 Å². The van der Waals surface area contributed by atoms with E-state index in [1.165, 1.54) is 6.42 Å². The van der Waals surface area contributed by atoms with E-state index < -0.39 is 11.4 Å². The molecular weight excluding hydrogens is 304 g/mol. The lowest BCUT2D eigenvalue weighted by atomic mass is 9.62. The van der Waals surface area contributed by atoms with Crippen molar-refractivity contribution < 1.29 is 19.4 Å². The van der Waals surface area contributed by atoms with E-state index >= 15 is 0 Å². The molecule has 0 spiro atoms. The fourth-order valence-electron chi connectivity index (χ4n) is 4.00. The van der Waals surface area contributed by atoms with Gasteiger partial charge in [0.25, 0.3) is 0 Å². The molecule has 0 aromatic carbocycles. The largest absolute Gasteiger partial charge is 0.478 e. The van der Waals surface area contributed by atoms with Gasteiger partial charge in [0.2, 0.25) is 0 Å². The first kappa shape index (κ1) is 20.7. The molecule has 0 heterocycles. The van der Waals surface area contributed by atoms with Gasteiger partial charge in [-0.25, -0.2) is 4.79 Å². The molecule has 1 atom stereocenters. The van der Waals surface area contributed by atoms with Crippen LogP contribution in [0.1, 0.15) is 85.0 Å². The number of unbranched alkanes of at least 4 members (excludes halogenated alkanes) is 2. The van der Waals surface area contributed by atoms with Crippen LogP contribution < -0.4 is 0 Å². The van der Waals surface area contributed by atoms with Crippen LogP contribution in [-0.4, -0.2) is 23.7 Å². The Morgan fingerprint density at radius 1 is 1.12 bits per heavy atom. The molecule has 0 radical (unpaired) electrons. The van der Waals surface area contributed by atoms with Crippen LogP contribution in [0, 0.1) is 11.3 Å². The second-order valence-electron chi connectivity index (χ2n) is 6.91. The molecule has 1 aliphatic carbocycles. The van der Waals surface area contributed by atoms with Gasteiger partial charge in [-0.3, -0.25) is 4.79 Å². The van der Waals surface area contributed by atoms with Crippen molar-refractivity contribution in [2.24, 2.45) is 11.3 Å². The topological polar surface area (TPSA) is 63.6 Å². The summed E-state index contributed by atoms with van der Waals surface area (Å²) in [6.07, 6.45) is 10.9. The Labute approximate surface area is 146 Å². The molecule has 1 N–H and O–H groups in total. The molecule has 1 aliphatic rings. The highest BCUT2D eigenvalue weighted by molar-refractivity contribution is 5.97. The van der Waals surface area contributed by atoms with E-state index in [1.807, 2.05) is 6.92 Å². The minimum atomic E-state index is -0.981. The predicted molar refractivity (Wildman–Crippen MR) is 95.8 cm³/mol. The fourth-order valence-corrected chi connectivity index (χ4v) is 4.00. The zero-order valence-corrected chi connectivity index (χ0v) is 15.6. The summed E-state index contributed by atoms with van der Waals surface area (Å²) in [6, 6.07) is 0. The Morgan fingerprint density at radius 3 is 2.25 bits per heavy atom. The minimum absolute atomic E-state index is 0.0780. The zero-order chi connectivity index (χ0) is 18.0. The third kappa shape index (κ3) is 4.84. The van der Waals surface area contributed by atoms with E-state index in [-0.39, 0.29) is 17.5 Å². The minimum Gasteiger partial charge on any atom is -0.478 e. The average molecular weight is 338 g/mol. The van der Waals surface area contributed by atoms with E-state index in [1.54, 1.807) is 13.0 Å². The van der Waals surface area contributed by atoms with Crippen LogP contribution in [-0.2, 0) is 14.3 Å². The maximum Gasteiger partial charge on any atom is 0.332 e. The smallest absolute Gasteiger partial charge is 0.332 e. The Balaban J connectivity index is 3.24. The molecular formula is C20H34O4. The SMILES string of the molecule is CC=C(C(=O)O)C(CCCC)(C(=O)OCCCC)C1CCCCC1. The Morgan fingerprint density at radius 2 is 1.75 bits per heavy atom. The molecule has 4 nitrogen and oxygen atoms in total. The standard InChI is InChI=1S/C20H34O4/c1-4-7-14-20(17(6-3)18(21)22,16-12-10-9-11-13-16)19(23)24-15-8-5-2/h6,16H,4-5,7-15H2,1-3H3,(H,21,22). The molecule has 0 aliphatic heterocycles. The van der Waals surface area contributed by atoms with Crippen LogP contribution in [0.3, 0.4) is 0 Å². The molecule has 0 aromatic rings.